The van der Waals surface area contributed by atoms with Crippen LogP contribution in [-0.4, -0.2) is 19.5 Å². The highest BCUT2D eigenvalue weighted by molar-refractivity contribution is 9.10. The highest BCUT2D eigenvalue weighted by atomic mass is 79.9. The van der Waals surface area contributed by atoms with Gasteiger partial charge in [-0.05, 0) is 42.8 Å². The first kappa shape index (κ1) is 15.1. The molecule has 1 aliphatic heterocycles. The Bertz CT molecular complexity index is 889. The zero-order valence-corrected chi connectivity index (χ0v) is 13.8. The summed E-state index contributed by atoms with van der Waals surface area (Å²) in [6.07, 6.45) is 0. The van der Waals surface area contributed by atoms with Crippen molar-refractivity contribution in [2.75, 3.05) is 0 Å². The standard InChI is InChI=1S/C15H11BrO5S/c1-8(15(17)18)9-2-4-11-13(6-9)22(19,20)14-7-10(16)3-5-12(14)21-11/h2-8H,1H3,(H,17,18). The van der Waals surface area contributed by atoms with Crippen molar-refractivity contribution < 1.29 is 23.1 Å². The monoisotopic (exact) mass is 382 g/mol. The van der Waals surface area contributed by atoms with Crippen LogP contribution in [0.15, 0.2) is 50.7 Å². The van der Waals surface area contributed by atoms with Gasteiger partial charge in [-0.15, -0.1) is 0 Å². The summed E-state index contributed by atoms with van der Waals surface area (Å²) < 4.78 is 31.7. The van der Waals surface area contributed by atoms with Crippen molar-refractivity contribution in [3.63, 3.8) is 0 Å². The summed E-state index contributed by atoms with van der Waals surface area (Å²) in [4.78, 5) is 11.1. The number of carboxylic acid groups (broad SMARTS) is 1. The summed E-state index contributed by atoms with van der Waals surface area (Å²) in [5.74, 6) is -1.35. The smallest absolute Gasteiger partial charge is 0.310 e. The summed E-state index contributed by atoms with van der Waals surface area (Å²) in [6.45, 7) is 1.50. The first-order valence-corrected chi connectivity index (χ1v) is 8.67. The molecule has 0 fully saturated rings. The van der Waals surface area contributed by atoms with Crippen LogP contribution in [0.1, 0.15) is 18.4 Å². The molecule has 0 aromatic heterocycles. The van der Waals surface area contributed by atoms with Crippen LogP contribution >= 0.6 is 15.9 Å². The van der Waals surface area contributed by atoms with Gasteiger partial charge in [0.05, 0.1) is 5.92 Å². The van der Waals surface area contributed by atoms with E-state index < -0.39 is 21.7 Å². The Balaban J connectivity index is 2.20. The number of ether oxygens (including phenoxy) is 1. The molecule has 22 heavy (non-hydrogen) atoms. The van der Waals surface area contributed by atoms with Crippen molar-refractivity contribution in [1.29, 1.82) is 0 Å². The van der Waals surface area contributed by atoms with E-state index in [4.69, 9.17) is 9.84 Å². The van der Waals surface area contributed by atoms with E-state index in [1.807, 2.05) is 0 Å². The van der Waals surface area contributed by atoms with Crippen molar-refractivity contribution in [2.45, 2.75) is 22.6 Å². The van der Waals surface area contributed by atoms with E-state index in [0.717, 1.165) is 0 Å². The first-order chi connectivity index (χ1) is 10.3. The number of hydrogen-bond acceptors (Lipinski definition) is 4. The summed E-state index contributed by atoms with van der Waals surface area (Å²) >= 11 is 3.24. The lowest BCUT2D eigenvalue weighted by molar-refractivity contribution is -0.138. The predicted molar refractivity (Wildman–Crippen MR) is 82.2 cm³/mol. The van der Waals surface area contributed by atoms with Crippen LogP contribution in [0.25, 0.3) is 0 Å². The number of sulfone groups is 1. The van der Waals surface area contributed by atoms with Crippen molar-refractivity contribution in [1.82, 2.24) is 0 Å². The number of carbonyl (C=O) groups is 1. The van der Waals surface area contributed by atoms with Gasteiger partial charge in [0.2, 0.25) is 9.84 Å². The Kier molecular flexibility index (Phi) is 3.49. The van der Waals surface area contributed by atoms with Gasteiger partial charge < -0.3 is 9.84 Å². The molecule has 0 radical (unpaired) electrons. The van der Waals surface area contributed by atoms with E-state index >= 15 is 0 Å². The summed E-state index contributed by atoms with van der Waals surface area (Å²) in [5, 5.41) is 9.08. The normalized spacial score (nSPS) is 16.1. The minimum absolute atomic E-state index is 0.0105. The molecule has 1 aliphatic rings. The van der Waals surface area contributed by atoms with Gasteiger partial charge in [0.15, 0.2) is 0 Å². The molecule has 0 bridgehead atoms. The highest BCUT2D eigenvalue weighted by Crippen LogP contribution is 2.44. The molecule has 1 unspecified atom stereocenters. The SMILES string of the molecule is CC(C(=O)O)c1ccc2c(c1)S(=O)(=O)c1cc(Br)ccc1O2. The summed E-state index contributed by atoms with van der Waals surface area (Å²) in [6, 6.07) is 9.17. The first-order valence-electron chi connectivity index (χ1n) is 6.40. The molecule has 0 aliphatic carbocycles. The van der Waals surface area contributed by atoms with Crippen molar-refractivity contribution >= 4 is 31.7 Å². The van der Waals surface area contributed by atoms with Crippen LogP contribution in [0.5, 0.6) is 11.5 Å². The largest absolute Gasteiger partial charge is 0.481 e. The molecule has 7 heteroatoms. The quantitative estimate of drug-likeness (QED) is 0.732. The van der Waals surface area contributed by atoms with Crippen LogP contribution in [-0.2, 0) is 14.6 Å². The highest BCUT2D eigenvalue weighted by Gasteiger charge is 2.32. The number of carboxylic acids is 1. The molecule has 0 saturated heterocycles. The molecule has 2 aromatic carbocycles. The molecule has 0 spiro atoms. The molecule has 114 valence electrons. The van der Waals surface area contributed by atoms with Gasteiger partial charge in [-0.1, -0.05) is 22.0 Å². The number of halogens is 1. The lowest BCUT2D eigenvalue weighted by Crippen LogP contribution is -2.13. The van der Waals surface area contributed by atoms with E-state index in [1.54, 1.807) is 18.2 Å². The molecule has 0 amide bonds. The second kappa shape index (κ2) is 5.10. The molecule has 1 N–H and O–H groups in total. The van der Waals surface area contributed by atoms with Gasteiger partial charge >= 0.3 is 5.97 Å². The van der Waals surface area contributed by atoms with E-state index in [0.29, 0.717) is 10.0 Å². The number of rotatable bonds is 2. The van der Waals surface area contributed by atoms with Gasteiger partial charge in [0, 0.05) is 4.47 Å². The third-order valence-corrected chi connectivity index (χ3v) is 5.83. The second-order valence-electron chi connectivity index (χ2n) is 4.96. The Morgan fingerprint density at radius 2 is 1.73 bits per heavy atom. The van der Waals surface area contributed by atoms with Gasteiger partial charge in [-0.2, -0.15) is 0 Å². The zero-order chi connectivity index (χ0) is 16.1. The Morgan fingerprint density at radius 3 is 2.36 bits per heavy atom. The number of hydrogen-bond donors (Lipinski definition) is 1. The summed E-state index contributed by atoms with van der Waals surface area (Å²) in [5.41, 5.74) is 0.414. The maximum absolute atomic E-state index is 12.7. The molecular formula is C15H11BrO5S. The van der Waals surface area contributed by atoms with Gasteiger partial charge in [-0.25, -0.2) is 8.42 Å². The molecule has 5 nitrogen and oxygen atoms in total. The van der Waals surface area contributed by atoms with Crippen LogP contribution < -0.4 is 4.74 Å². The fraction of sp³-hybridized carbons (Fsp3) is 0.133. The van der Waals surface area contributed by atoms with E-state index in [9.17, 15) is 13.2 Å². The number of fused-ring (bicyclic) bond motifs is 2. The molecule has 2 aromatic rings. The minimum Gasteiger partial charge on any atom is -0.481 e. The maximum atomic E-state index is 12.7. The molecular weight excluding hydrogens is 372 g/mol. The van der Waals surface area contributed by atoms with Crippen LogP contribution in [0.2, 0.25) is 0 Å². The van der Waals surface area contributed by atoms with Crippen molar-refractivity contribution in [3.05, 3.63) is 46.4 Å². The fourth-order valence-corrected chi connectivity index (χ4v) is 4.32. The van der Waals surface area contributed by atoms with E-state index in [2.05, 4.69) is 15.9 Å². The lowest BCUT2D eigenvalue weighted by atomic mass is 10.0. The topological polar surface area (TPSA) is 80.7 Å². The Labute approximate surface area is 135 Å². The fourth-order valence-electron chi connectivity index (χ4n) is 2.24. The Morgan fingerprint density at radius 1 is 1.14 bits per heavy atom. The maximum Gasteiger partial charge on any atom is 0.310 e. The predicted octanol–water partition coefficient (Wildman–Crippen LogP) is 3.58. The zero-order valence-electron chi connectivity index (χ0n) is 11.4. The summed E-state index contributed by atoms with van der Waals surface area (Å²) in [7, 11) is -3.75. The third-order valence-electron chi connectivity index (χ3n) is 3.54. The van der Waals surface area contributed by atoms with Crippen LogP contribution in [0.3, 0.4) is 0 Å². The molecule has 1 heterocycles. The van der Waals surface area contributed by atoms with Crippen LogP contribution in [0, 0.1) is 0 Å². The molecule has 1 atom stereocenters. The van der Waals surface area contributed by atoms with Gasteiger partial charge in [0.1, 0.15) is 21.3 Å². The van der Waals surface area contributed by atoms with E-state index in [-0.39, 0.29) is 21.3 Å². The second-order valence-corrected chi connectivity index (χ2v) is 7.76. The van der Waals surface area contributed by atoms with E-state index in [1.165, 1.54) is 25.1 Å². The Hall–Kier alpha value is -1.86. The lowest BCUT2D eigenvalue weighted by Gasteiger charge is -2.21. The molecule has 0 saturated carbocycles. The number of aliphatic carboxylic acids is 1. The average molecular weight is 383 g/mol. The number of benzene rings is 2. The average Bonchev–Trinajstić information content (AvgIpc) is 2.47. The van der Waals surface area contributed by atoms with Crippen molar-refractivity contribution in [2.24, 2.45) is 0 Å². The molecule has 3 rings (SSSR count). The van der Waals surface area contributed by atoms with Crippen LogP contribution in [0.4, 0.5) is 0 Å². The van der Waals surface area contributed by atoms with Gasteiger partial charge in [-0.3, -0.25) is 4.79 Å². The third kappa shape index (κ3) is 2.30. The minimum atomic E-state index is -3.75. The van der Waals surface area contributed by atoms with Crippen molar-refractivity contribution in [3.8, 4) is 11.5 Å². The van der Waals surface area contributed by atoms with Gasteiger partial charge in [0.25, 0.3) is 0 Å².